The first kappa shape index (κ1) is 21.4. The van der Waals surface area contributed by atoms with Crippen molar-refractivity contribution in [2.45, 2.75) is 20.8 Å². The van der Waals surface area contributed by atoms with Crippen molar-refractivity contribution in [3.8, 4) is 0 Å². The van der Waals surface area contributed by atoms with E-state index in [1.807, 2.05) is 6.07 Å². The highest BCUT2D eigenvalue weighted by Crippen LogP contribution is 2.33. The van der Waals surface area contributed by atoms with Gasteiger partial charge in [-0.05, 0) is 44.4 Å². The van der Waals surface area contributed by atoms with Gasteiger partial charge in [-0.25, -0.2) is 0 Å². The summed E-state index contributed by atoms with van der Waals surface area (Å²) >= 11 is 0. The summed E-state index contributed by atoms with van der Waals surface area (Å²) in [7, 11) is 0. The molecule has 0 unspecified atom stereocenters. The number of rotatable bonds is 5. The van der Waals surface area contributed by atoms with Crippen LogP contribution in [0.4, 0.5) is 0 Å². The van der Waals surface area contributed by atoms with Crippen LogP contribution in [0.2, 0.25) is 0 Å². The Labute approximate surface area is 185 Å². The van der Waals surface area contributed by atoms with Gasteiger partial charge in [0.05, 0.1) is 12.0 Å². The van der Waals surface area contributed by atoms with Crippen LogP contribution in [0, 0.1) is 5.41 Å². The highest BCUT2D eigenvalue weighted by atomic mass is 16.5. The summed E-state index contributed by atoms with van der Waals surface area (Å²) in [6.07, 6.45) is 0. The molecule has 3 aromatic rings. The second kappa shape index (κ2) is 8.04. The van der Waals surface area contributed by atoms with Crippen LogP contribution in [0.3, 0.4) is 0 Å². The van der Waals surface area contributed by atoms with Crippen LogP contribution in [-0.4, -0.2) is 41.6 Å². The van der Waals surface area contributed by atoms with Gasteiger partial charge < -0.3 is 4.74 Å². The Morgan fingerprint density at radius 3 is 2.16 bits per heavy atom. The zero-order valence-electron chi connectivity index (χ0n) is 18.2. The standard InChI is InChI=1S/C26H23NO5/c1-26(2,3)25(31)32-15-14-27-23(29)19-11-7-10-17-18(12-13-20(21(17)19)24(27)30)22(28)16-8-5-4-6-9-16/h4-13H,14-15H2,1-3H3. The van der Waals surface area contributed by atoms with Crippen LogP contribution in [0.25, 0.3) is 10.8 Å². The second-order valence-electron chi connectivity index (χ2n) is 8.73. The van der Waals surface area contributed by atoms with Gasteiger partial charge >= 0.3 is 5.97 Å². The second-order valence-corrected chi connectivity index (χ2v) is 8.73. The van der Waals surface area contributed by atoms with E-state index in [0.717, 1.165) is 4.90 Å². The van der Waals surface area contributed by atoms with Gasteiger partial charge in [-0.2, -0.15) is 0 Å². The molecule has 2 amide bonds. The van der Waals surface area contributed by atoms with Crippen molar-refractivity contribution in [1.82, 2.24) is 4.90 Å². The van der Waals surface area contributed by atoms with Crippen molar-refractivity contribution in [2.75, 3.05) is 13.2 Å². The van der Waals surface area contributed by atoms with Crippen LogP contribution in [-0.2, 0) is 9.53 Å². The van der Waals surface area contributed by atoms with E-state index < -0.39 is 23.2 Å². The van der Waals surface area contributed by atoms with Crippen molar-refractivity contribution in [2.24, 2.45) is 5.41 Å². The maximum Gasteiger partial charge on any atom is 0.311 e. The molecule has 1 heterocycles. The zero-order valence-corrected chi connectivity index (χ0v) is 18.2. The van der Waals surface area contributed by atoms with Gasteiger partial charge in [-0.15, -0.1) is 0 Å². The summed E-state index contributed by atoms with van der Waals surface area (Å²) in [5, 5.41) is 1.04. The molecule has 0 aromatic heterocycles. The lowest BCUT2D eigenvalue weighted by Gasteiger charge is -2.28. The summed E-state index contributed by atoms with van der Waals surface area (Å²) in [4.78, 5) is 52.4. The van der Waals surface area contributed by atoms with Crippen molar-refractivity contribution in [3.63, 3.8) is 0 Å². The Morgan fingerprint density at radius 1 is 0.844 bits per heavy atom. The molecule has 0 atom stereocenters. The van der Waals surface area contributed by atoms with Crippen molar-refractivity contribution >= 4 is 34.3 Å². The lowest BCUT2D eigenvalue weighted by Crippen LogP contribution is -2.42. The number of imide groups is 1. The minimum atomic E-state index is -0.671. The first-order valence-electron chi connectivity index (χ1n) is 10.4. The summed E-state index contributed by atoms with van der Waals surface area (Å²) < 4.78 is 5.24. The number of nitrogens with zero attached hydrogens (tertiary/aromatic N) is 1. The minimum absolute atomic E-state index is 0.0417. The maximum absolute atomic E-state index is 13.1. The minimum Gasteiger partial charge on any atom is -0.463 e. The molecule has 1 aliphatic rings. The first-order valence-corrected chi connectivity index (χ1v) is 10.4. The third-order valence-corrected chi connectivity index (χ3v) is 5.43. The van der Waals surface area contributed by atoms with Crippen LogP contribution < -0.4 is 0 Å². The maximum atomic E-state index is 13.1. The normalized spacial score (nSPS) is 13.4. The summed E-state index contributed by atoms with van der Waals surface area (Å²) in [5.41, 5.74) is 0.994. The third-order valence-electron chi connectivity index (χ3n) is 5.43. The number of esters is 1. The van der Waals surface area contributed by atoms with Crippen LogP contribution in [0.15, 0.2) is 60.7 Å². The summed E-state index contributed by atoms with van der Waals surface area (Å²) in [6, 6.07) is 17.2. The highest BCUT2D eigenvalue weighted by Gasteiger charge is 2.34. The Bertz CT molecular complexity index is 1230. The SMILES string of the molecule is CC(C)(C)C(=O)OCCN1C(=O)c2cccc3c(C(=O)c4ccccc4)ccc(c23)C1=O. The molecule has 1 aliphatic heterocycles. The topological polar surface area (TPSA) is 80.8 Å². The van der Waals surface area contributed by atoms with Crippen molar-refractivity contribution in [3.05, 3.63) is 82.9 Å². The number of benzene rings is 3. The lowest BCUT2D eigenvalue weighted by atomic mass is 9.89. The first-order chi connectivity index (χ1) is 15.2. The Morgan fingerprint density at radius 2 is 1.50 bits per heavy atom. The number of amides is 2. The van der Waals surface area contributed by atoms with Gasteiger partial charge in [0, 0.05) is 27.6 Å². The molecule has 4 rings (SSSR count). The molecule has 0 saturated carbocycles. The molecule has 0 saturated heterocycles. The largest absolute Gasteiger partial charge is 0.463 e. The Hall–Kier alpha value is -3.80. The van der Waals surface area contributed by atoms with Gasteiger partial charge in [-0.3, -0.25) is 24.1 Å². The highest BCUT2D eigenvalue weighted by molar-refractivity contribution is 6.28. The summed E-state index contributed by atoms with van der Waals surface area (Å²) in [5.74, 6) is -1.51. The number of ether oxygens (including phenoxy) is 1. The molecule has 3 aromatic carbocycles. The van der Waals surface area contributed by atoms with E-state index in [0.29, 0.717) is 33.0 Å². The van der Waals surface area contributed by atoms with Gasteiger partial charge in [-0.1, -0.05) is 42.5 Å². The lowest BCUT2D eigenvalue weighted by molar-refractivity contribution is -0.153. The van der Waals surface area contributed by atoms with E-state index >= 15 is 0 Å². The number of hydrogen-bond donors (Lipinski definition) is 0. The monoisotopic (exact) mass is 429 g/mol. The number of ketones is 1. The van der Waals surface area contributed by atoms with Crippen LogP contribution >= 0.6 is 0 Å². The quantitative estimate of drug-likeness (QED) is 0.344. The molecular formula is C26H23NO5. The fourth-order valence-corrected chi connectivity index (χ4v) is 3.74. The van der Waals surface area contributed by atoms with Gasteiger partial charge in [0.2, 0.25) is 0 Å². The number of carbonyl (C=O) groups excluding carboxylic acids is 4. The summed E-state index contributed by atoms with van der Waals surface area (Å²) in [6.45, 7) is 5.08. The number of hydrogen-bond acceptors (Lipinski definition) is 5. The zero-order chi connectivity index (χ0) is 23.0. The molecule has 0 bridgehead atoms. The average Bonchev–Trinajstić information content (AvgIpc) is 2.78. The molecule has 0 radical (unpaired) electrons. The molecule has 32 heavy (non-hydrogen) atoms. The third kappa shape index (κ3) is 3.68. The van der Waals surface area contributed by atoms with Gasteiger partial charge in [0.15, 0.2) is 5.78 Å². The van der Waals surface area contributed by atoms with Gasteiger partial charge in [0.25, 0.3) is 11.8 Å². The van der Waals surface area contributed by atoms with E-state index in [2.05, 4.69) is 0 Å². The molecular weight excluding hydrogens is 406 g/mol. The molecule has 6 nitrogen and oxygen atoms in total. The average molecular weight is 429 g/mol. The predicted octanol–water partition coefficient (Wildman–Crippen LogP) is 4.26. The molecule has 0 aliphatic carbocycles. The van der Waals surface area contributed by atoms with Crippen LogP contribution in [0.1, 0.15) is 57.4 Å². The molecule has 0 spiro atoms. The van der Waals surface area contributed by atoms with Crippen LogP contribution in [0.5, 0.6) is 0 Å². The van der Waals surface area contributed by atoms with E-state index in [1.54, 1.807) is 75.4 Å². The van der Waals surface area contributed by atoms with E-state index in [4.69, 9.17) is 4.74 Å². The molecule has 6 heteroatoms. The predicted molar refractivity (Wildman–Crippen MR) is 120 cm³/mol. The van der Waals surface area contributed by atoms with E-state index in [1.165, 1.54) is 0 Å². The van der Waals surface area contributed by atoms with Gasteiger partial charge in [0.1, 0.15) is 6.61 Å². The molecule has 0 fully saturated rings. The smallest absolute Gasteiger partial charge is 0.311 e. The Kier molecular flexibility index (Phi) is 5.38. The van der Waals surface area contributed by atoms with E-state index in [-0.39, 0.29) is 18.9 Å². The fraction of sp³-hybridized carbons (Fsp3) is 0.231. The Balaban J connectivity index is 1.68. The fourth-order valence-electron chi connectivity index (χ4n) is 3.74. The molecule has 162 valence electrons. The number of carbonyl (C=O) groups is 4. The van der Waals surface area contributed by atoms with E-state index in [9.17, 15) is 19.2 Å². The van der Waals surface area contributed by atoms with Crippen molar-refractivity contribution in [1.29, 1.82) is 0 Å². The van der Waals surface area contributed by atoms with Crippen molar-refractivity contribution < 1.29 is 23.9 Å². The molecule has 0 N–H and O–H groups in total.